The minimum Gasteiger partial charge on any atom is -0.485 e. The van der Waals surface area contributed by atoms with Crippen molar-refractivity contribution in [2.45, 2.75) is 31.8 Å². The van der Waals surface area contributed by atoms with E-state index in [1.54, 1.807) is 4.90 Å². The molecule has 5 heterocycles. The van der Waals surface area contributed by atoms with Crippen LogP contribution in [0, 0.1) is 0 Å². The molecule has 0 spiro atoms. The first kappa shape index (κ1) is 19.8. The summed E-state index contributed by atoms with van der Waals surface area (Å²) in [6.07, 6.45) is 5.22. The Kier molecular flexibility index (Phi) is 4.91. The van der Waals surface area contributed by atoms with Crippen LogP contribution in [0.5, 0.6) is 5.75 Å². The van der Waals surface area contributed by atoms with Crippen LogP contribution in [0.3, 0.4) is 0 Å². The van der Waals surface area contributed by atoms with Crippen molar-refractivity contribution >= 4 is 34.7 Å². The Hall–Kier alpha value is -2.84. The molecule has 0 aliphatic carbocycles. The normalized spacial score (nSPS) is 19.2. The second-order valence-electron chi connectivity index (χ2n) is 8.62. The number of rotatable bonds is 4. The number of amides is 1. The number of hydrogen-bond donors (Lipinski definition) is 1. The molecule has 2 fully saturated rings. The van der Waals surface area contributed by atoms with Crippen molar-refractivity contribution in [1.82, 2.24) is 19.9 Å². The Morgan fingerprint density at radius 1 is 1.12 bits per heavy atom. The second-order valence-corrected chi connectivity index (χ2v) is 9.03. The van der Waals surface area contributed by atoms with Crippen LogP contribution in [0.1, 0.15) is 24.1 Å². The van der Waals surface area contributed by atoms with E-state index < -0.39 is 0 Å². The molecule has 2 aromatic heterocycles. The van der Waals surface area contributed by atoms with Crippen molar-refractivity contribution in [2.75, 3.05) is 42.5 Å². The van der Waals surface area contributed by atoms with Gasteiger partial charge in [0.1, 0.15) is 17.7 Å². The fourth-order valence-electron chi connectivity index (χ4n) is 4.88. The van der Waals surface area contributed by atoms with Gasteiger partial charge in [-0.2, -0.15) is 9.61 Å². The van der Waals surface area contributed by atoms with Gasteiger partial charge in [0, 0.05) is 43.2 Å². The van der Waals surface area contributed by atoms with Gasteiger partial charge in [-0.1, -0.05) is 11.6 Å². The predicted octanol–water partition coefficient (Wildman–Crippen LogP) is 2.47. The number of anilines is 2. The monoisotopic (exact) mass is 452 g/mol. The summed E-state index contributed by atoms with van der Waals surface area (Å²) in [6, 6.07) is 7.59. The van der Waals surface area contributed by atoms with E-state index in [9.17, 15) is 4.79 Å². The van der Waals surface area contributed by atoms with E-state index >= 15 is 0 Å². The molecule has 1 N–H and O–H groups in total. The molecular weight excluding hydrogens is 428 g/mol. The van der Waals surface area contributed by atoms with Gasteiger partial charge in [-0.15, -0.1) is 0 Å². The summed E-state index contributed by atoms with van der Waals surface area (Å²) in [5, 5.41) is 8.54. The zero-order valence-electron chi connectivity index (χ0n) is 17.8. The highest BCUT2D eigenvalue weighted by Gasteiger charge is 2.34. The quantitative estimate of drug-likeness (QED) is 0.655. The molecule has 2 saturated heterocycles. The minimum absolute atomic E-state index is 0.0464. The van der Waals surface area contributed by atoms with E-state index in [1.165, 1.54) is 5.56 Å². The number of ether oxygens (including phenoxy) is 1. The number of hydrogen-bond acceptors (Lipinski definition) is 6. The van der Waals surface area contributed by atoms with Crippen molar-refractivity contribution in [1.29, 1.82) is 0 Å². The zero-order chi connectivity index (χ0) is 21.7. The summed E-state index contributed by atoms with van der Waals surface area (Å²) in [7, 11) is 0. The maximum Gasteiger partial charge on any atom is 0.227 e. The molecule has 166 valence electrons. The number of nitrogens with zero attached hydrogens (tertiary/aromatic N) is 5. The molecule has 0 unspecified atom stereocenters. The van der Waals surface area contributed by atoms with E-state index in [0.717, 1.165) is 74.8 Å². The third kappa shape index (κ3) is 3.38. The van der Waals surface area contributed by atoms with E-state index in [-0.39, 0.29) is 12.0 Å². The lowest BCUT2D eigenvalue weighted by Crippen LogP contribution is -2.55. The first-order valence-electron chi connectivity index (χ1n) is 11.2. The van der Waals surface area contributed by atoms with Crippen molar-refractivity contribution in [3.63, 3.8) is 0 Å². The van der Waals surface area contributed by atoms with E-state index in [0.29, 0.717) is 17.2 Å². The Balaban J connectivity index is 1.20. The van der Waals surface area contributed by atoms with Crippen LogP contribution in [0.25, 0.3) is 5.65 Å². The van der Waals surface area contributed by atoms with E-state index in [2.05, 4.69) is 15.3 Å². The molecule has 0 bridgehead atoms. The number of fused-ring (bicyclic) bond motifs is 2. The van der Waals surface area contributed by atoms with Gasteiger partial charge >= 0.3 is 0 Å². The van der Waals surface area contributed by atoms with Crippen LogP contribution < -0.4 is 19.9 Å². The number of nitrogens with one attached hydrogen (secondary N) is 1. The average Bonchev–Trinajstić information content (AvgIpc) is 3.33. The van der Waals surface area contributed by atoms with Gasteiger partial charge in [0.15, 0.2) is 5.65 Å². The standard InChI is InChI=1S/C23H25ClN6O2/c24-18-12-15(29-11-1-2-22(29)31)3-4-20(18)32-16-13-28(14-16)23-17-5-8-25-9-6-19(17)27-21-7-10-26-30(21)23/h3-4,7,10,12,16,25H,1-2,5-6,8-9,11,13-14H2. The van der Waals surface area contributed by atoms with Crippen molar-refractivity contribution in [3.8, 4) is 5.75 Å². The highest BCUT2D eigenvalue weighted by molar-refractivity contribution is 6.32. The maximum absolute atomic E-state index is 12.0. The summed E-state index contributed by atoms with van der Waals surface area (Å²) >= 11 is 6.50. The van der Waals surface area contributed by atoms with E-state index in [1.807, 2.05) is 35.0 Å². The molecule has 3 aromatic rings. The topological polar surface area (TPSA) is 75.0 Å². The van der Waals surface area contributed by atoms with E-state index in [4.69, 9.17) is 21.3 Å². The molecule has 3 aliphatic rings. The molecule has 8 nitrogen and oxygen atoms in total. The molecule has 0 saturated carbocycles. The van der Waals surface area contributed by atoms with Gasteiger partial charge in [-0.3, -0.25) is 4.79 Å². The third-order valence-electron chi connectivity index (χ3n) is 6.52. The lowest BCUT2D eigenvalue weighted by molar-refractivity contribution is -0.117. The number of aromatic nitrogens is 3. The summed E-state index contributed by atoms with van der Waals surface area (Å²) in [5.74, 6) is 1.95. The Morgan fingerprint density at radius 3 is 2.81 bits per heavy atom. The Labute approximate surface area is 191 Å². The van der Waals surface area contributed by atoms with Gasteiger partial charge in [0.25, 0.3) is 0 Å². The SMILES string of the molecule is O=C1CCCN1c1ccc(OC2CN(c3c4c(nc5ccnn35)CCNCC4)C2)c(Cl)c1. The molecule has 6 rings (SSSR count). The number of carbonyl (C=O) groups excluding carboxylic acids is 1. The highest BCUT2D eigenvalue weighted by atomic mass is 35.5. The first-order chi connectivity index (χ1) is 15.7. The van der Waals surface area contributed by atoms with Gasteiger partial charge in [0.2, 0.25) is 5.91 Å². The summed E-state index contributed by atoms with van der Waals surface area (Å²) in [6.45, 7) is 4.18. The molecule has 9 heteroatoms. The van der Waals surface area contributed by atoms with Gasteiger partial charge in [-0.05, 0) is 37.6 Å². The van der Waals surface area contributed by atoms with Gasteiger partial charge in [0.05, 0.1) is 30.0 Å². The van der Waals surface area contributed by atoms with Crippen LogP contribution in [0.2, 0.25) is 5.02 Å². The number of carbonyl (C=O) groups is 1. The minimum atomic E-state index is 0.0464. The van der Waals surface area contributed by atoms with Crippen LogP contribution in [-0.4, -0.2) is 59.3 Å². The predicted molar refractivity (Wildman–Crippen MR) is 123 cm³/mol. The fourth-order valence-corrected chi connectivity index (χ4v) is 5.10. The lowest BCUT2D eigenvalue weighted by atomic mass is 10.1. The maximum atomic E-state index is 12.0. The molecule has 1 amide bonds. The molecule has 32 heavy (non-hydrogen) atoms. The number of benzene rings is 1. The average molecular weight is 453 g/mol. The van der Waals surface area contributed by atoms with Crippen molar-refractivity contribution in [3.05, 3.63) is 46.7 Å². The van der Waals surface area contributed by atoms with Crippen LogP contribution >= 0.6 is 11.6 Å². The first-order valence-corrected chi connectivity index (χ1v) is 11.6. The summed E-state index contributed by atoms with van der Waals surface area (Å²) in [4.78, 5) is 21.0. The number of halogens is 1. The fraction of sp³-hybridized carbons (Fsp3) is 0.435. The highest BCUT2D eigenvalue weighted by Crippen LogP contribution is 2.35. The molecule has 1 aromatic carbocycles. The van der Waals surface area contributed by atoms with Crippen LogP contribution in [0.15, 0.2) is 30.5 Å². The van der Waals surface area contributed by atoms with Crippen molar-refractivity contribution < 1.29 is 9.53 Å². The van der Waals surface area contributed by atoms with Crippen molar-refractivity contribution in [2.24, 2.45) is 0 Å². The molecule has 3 aliphatic heterocycles. The third-order valence-corrected chi connectivity index (χ3v) is 6.82. The molecular formula is C23H25ClN6O2. The van der Waals surface area contributed by atoms with Gasteiger partial charge < -0.3 is 19.9 Å². The largest absolute Gasteiger partial charge is 0.485 e. The Morgan fingerprint density at radius 2 is 2.00 bits per heavy atom. The molecule has 0 radical (unpaired) electrons. The second kappa shape index (κ2) is 7.94. The van der Waals surface area contributed by atoms with Crippen LogP contribution in [0.4, 0.5) is 11.5 Å². The summed E-state index contributed by atoms with van der Waals surface area (Å²) in [5.41, 5.74) is 4.18. The lowest BCUT2D eigenvalue weighted by Gasteiger charge is -2.41. The van der Waals surface area contributed by atoms with Gasteiger partial charge in [-0.25, -0.2) is 4.98 Å². The molecule has 0 atom stereocenters. The zero-order valence-corrected chi connectivity index (χ0v) is 18.5. The summed E-state index contributed by atoms with van der Waals surface area (Å²) < 4.78 is 8.16. The van der Waals surface area contributed by atoms with Crippen LogP contribution in [-0.2, 0) is 17.6 Å². The smallest absolute Gasteiger partial charge is 0.227 e. The Bertz CT molecular complexity index is 1190.